The standard InChI is InChI=1S/C14H16N6/c1-10(14-15-7-8-16-14)17-9-12-13(19-20-18-12)11-5-3-2-4-6-11/h2-8,10,17H,9H2,1H3,(H,15,16)(H,18,19,20). The van der Waals surface area contributed by atoms with Gasteiger partial charge in [0.2, 0.25) is 0 Å². The summed E-state index contributed by atoms with van der Waals surface area (Å²) in [4.78, 5) is 7.33. The molecule has 0 aliphatic carbocycles. The van der Waals surface area contributed by atoms with E-state index in [1.165, 1.54) is 0 Å². The monoisotopic (exact) mass is 268 g/mol. The topological polar surface area (TPSA) is 82.3 Å². The Bertz CT molecular complexity index is 643. The zero-order valence-corrected chi connectivity index (χ0v) is 11.2. The van der Waals surface area contributed by atoms with Crippen molar-refractivity contribution in [2.45, 2.75) is 19.5 Å². The Hall–Kier alpha value is -2.47. The largest absolute Gasteiger partial charge is 0.347 e. The first-order valence-electron chi connectivity index (χ1n) is 6.52. The maximum Gasteiger partial charge on any atom is 0.122 e. The fraction of sp³-hybridized carbons (Fsp3) is 0.214. The third-order valence-corrected chi connectivity index (χ3v) is 3.17. The molecule has 2 aromatic heterocycles. The Morgan fingerprint density at radius 3 is 2.80 bits per heavy atom. The lowest BCUT2D eigenvalue weighted by molar-refractivity contribution is 0.545. The molecule has 0 amide bonds. The van der Waals surface area contributed by atoms with E-state index in [-0.39, 0.29) is 6.04 Å². The van der Waals surface area contributed by atoms with Crippen LogP contribution in [0.3, 0.4) is 0 Å². The maximum atomic E-state index is 4.23. The van der Waals surface area contributed by atoms with Gasteiger partial charge in [-0.2, -0.15) is 15.4 Å². The molecular formula is C14H16N6. The summed E-state index contributed by atoms with van der Waals surface area (Å²) in [5.74, 6) is 0.912. The predicted molar refractivity (Wildman–Crippen MR) is 75.7 cm³/mol. The van der Waals surface area contributed by atoms with Crippen molar-refractivity contribution < 1.29 is 0 Å². The van der Waals surface area contributed by atoms with Crippen LogP contribution in [0.25, 0.3) is 11.3 Å². The van der Waals surface area contributed by atoms with Crippen molar-refractivity contribution in [3.63, 3.8) is 0 Å². The summed E-state index contributed by atoms with van der Waals surface area (Å²) in [7, 11) is 0. The molecule has 20 heavy (non-hydrogen) atoms. The lowest BCUT2D eigenvalue weighted by atomic mass is 10.1. The Balaban J connectivity index is 1.72. The number of nitrogens with one attached hydrogen (secondary N) is 3. The quantitative estimate of drug-likeness (QED) is 0.661. The number of H-pyrrole nitrogens is 2. The van der Waals surface area contributed by atoms with Crippen molar-refractivity contribution in [3.8, 4) is 11.3 Å². The van der Waals surface area contributed by atoms with Gasteiger partial charge in [0.15, 0.2) is 0 Å². The fourth-order valence-electron chi connectivity index (χ4n) is 2.06. The molecule has 0 radical (unpaired) electrons. The van der Waals surface area contributed by atoms with Crippen LogP contribution in [0.15, 0.2) is 42.7 Å². The molecule has 102 valence electrons. The van der Waals surface area contributed by atoms with Crippen LogP contribution in [0.1, 0.15) is 24.5 Å². The van der Waals surface area contributed by atoms with E-state index < -0.39 is 0 Å². The predicted octanol–water partition coefficient (Wildman–Crippen LogP) is 2.05. The van der Waals surface area contributed by atoms with Crippen molar-refractivity contribution in [1.82, 2.24) is 30.7 Å². The van der Waals surface area contributed by atoms with Crippen LogP contribution >= 0.6 is 0 Å². The van der Waals surface area contributed by atoms with Gasteiger partial charge in [0, 0.05) is 24.5 Å². The molecule has 3 aromatic rings. The highest BCUT2D eigenvalue weighted by atomic mass is 15.3. The molecule has 0 aliphatic heterocycles. The summed E-state index contributed by atoms with van der Waals surface area (Å²) in [6.45, 7) is 2.68. The highest BCUT2D eigenvalue weighted by molar-refractivity contribution is 5.60. The first-order valence-corrected chi connectivity index (χ1v) is 6.52. The van der Waals surface area contributed by atoms with Crippen LogP contribution in [-0.2, 0) is 6.54 Å². The lowest BCUT2D eigenvalue weighted by Crippen LogP contribution is -2.19. The van der Waals surface area contributed by atoms with Crippen molar-refractivity contribution in [3.05, 3.63) is 54.2 Å². The van der Waals surface area contributed by atoms with E-state index in [2.05, 4.69) is 37.6 Å². The number of hydrogen-bond acceptors (Lipinski definition) is 4. The average molecular weight is 268 g/mol. The third-order valence-electron chi connectivity index (χ3n) is 3.17. The summed E-state index contributed by atoms with van der Waals surface area (Å²) in [6, 6.07) is 10.2. The number of hydrogen-bond donors (Lipinski definition) is 3. The van der Waals surface area contributed by atoms with E-state index in [0.717, 1.165) is 22.8 Å². The van der Waals surface area contributed by atoms with Gasteiger partial charge in [-0.25, -0.2) is 4.98 Å². The second kappa shape index (κ2) is 5.66. The van der Waals surface area contributed by atoms with Gasteiger partial charge in [0.1, 0.15) is 17.2 Å². The minimum Gasteiger partial charge on any atom is -0.347 e. The van der Waals surface area contributed by atoms with Gasteiger partial charge in [0.25, 0.3) is 0 Å². The minimum atomic E-state index is 0.130. The Labute approximate surface area is 116 Å². The van der Waals surface area contributed by atoms with Gasteiger partial charge < -0.3 is 10.3 Å². The number of nitrogens with zero attached hydrogens (tertiary/aromatic N) is 3. The highest BCUT2D eigenvalue weighted by Crippen LogP contribution is 2.19. The summed E-state index contributed by atoms with van der Waals surface area (Å²) >= 11 is 0. The number of aromatic amines is 2. The molecule has 3 rings (SSSR count). The van der Waals surface area contributed by atoms with E-state index in [0.29, 0.717) is 6.54 Å². The SMILES string of the molecule is CC(NCc1n[nH]nc1-c1ccccc1)c1ncc[nH]1. The van der Waals surface area contributed by atoms with Gasteiger partial charge >= 0.3 is 0 Å². The number of rotatable bonds is 5. The zero-order chi connectivity index (χ0) is 13.8. The zero-order valence-electron chi connectivity index (χ0n) is 11.2. The fourth-order valence-corrected chi connectivity index (χ4v) is 2.06. The Kier molecular flexibility index (Phi) is 3.56. The molecule has 1 aromatic carbocycles. The minimum absolute atomic E-state index is 0.130. The second-order valence-electron chi connectivity index (χ2n) is 4.56. The molecular weight excluding hydrogens is 252 g/mol. The van der Waals surface area contributed by atoms with Crippen LogP contribution in [-0.4, -0.2) is 25.4 Å². The summed E-state index contributed by atoms with van der Waals surface area (Å²) in [5, 5.41) is 14.5. The summed E-state index contributed by atoms with van der Waals surface area (Å²) in [5.41, 5.74) is 2.84. The van der Waals surface area contributed by atoms with E-state index in [1.807, 2.05) is 36.5 Å². The van der Waals surface area contributed by atoms with Gasteiger partial charge in [-0.15, -0.1) is 0 Å². The van der Waals surface area contributed by atoms with E-state index in [4.69, 9.17) is 0 Å². The molecule has 0 spiro atoms. The normalized spacial score (nSPS) is 12.4. The molecule has 0 aliphatic rings. The number of imidazole rings is 1. The number of aromatic nitrogens is 5. The second-order valence-corrected chi connectivity index (χ2v) is 4.56. The molecule has 6 heteroatoms. The van der Waals surface area contributed by atoms with Crippen LogP contribution in [0.5, 0.6) is 0 Å². The molecule has 0 saturated heterocycles. The van der Waals surface area contributed by atoms with Crippen molar-refractivity contribution in [1.29, 1.82) is 0 Å². The molecule has 1 unspecified atom stereocenters. The van der Waals surface area contributed by atoms with Crippen molar-refractivity contribution >= 4 is 0 Å². The first kappa shape index (κ1) is 12.6. The molecule has 6 nitrogen and oxygen atoms in total. The van der Waals surface area contributed by atoms with Crippen molar-refractivity contribution in [2.75, 3.05) is 0 Å². The Morgan fingerprint density at radius 1 is 1.20 bits per heavy atom. The summed E-state index contributed by atoms with van der Waals surface area (Å²) in [6.07, 6.45) is 3.57. The summed E-state index contributed by atoms with van der Waals surface area (Å²) < 4.78 is 0. The Morgan fingerprint density at radius 2 is 2.05 bits per heavy atom. The van der Waals surface area contributed by atoms with Crippen LogP contribution in [0, 0.1) is 0 Å². The van der Waals surface area contributed by atoms with Crippen LogP contribution in [0.2, 0.25) is 0 Å². The molecule has 0 saturated carbocycles. The van der Waals surface area contributed by atoms with Crippen LogP contribution in [0.4, 0.5) is 0 Å². The average Bonchev–Trinajstić information content (AvgIpc) is 3.17. The molecule has 0 fully saturated rings. The van der Waals surface area contributed by atoms with Crippen LogP contribution < -0.4 is 5.32 Å². The highest BCUT2D eigenvalue weighted by Gasteiger charge is 2.12. The first-order chi connectivity index (χ1) is 9.84. The molecule has 2 heterocycles. The number of benzene rings is 1. The van der Waals surface area contributed by atoms with E-state index in [1.54, 1.807) is 6.20 Å². The molecule has 3 N–H and O–H groups in total. The van der Waals surface area contributed by atoms with Gasteiger partial charge in [-0.3, -0.25) is 0 Å². The van der Waals surface area contributed by atoms with Crippen molar-refractivity contribution in [2.24, 2.45) is 0 Å². The third kappa shape index (κ3) is 2.60. The van der Waals surface area contributed by atoms with E-state index in [9.17, 15) is 0 Å². The lowest BCUT2D eigenvalue weighted by Gasteiger charge is -2.10. The van der Waals surface area contributed by atoms with E-state index >= 15 is 0 Å². The molecule has 1 atom stereocenters. The smallest absolute Gasteiger partial charge is 0.122 e. The maximum absolute atomic E-state index is 4.23. The van der Waals surface area contributed by atoms with Gasteiger partial charge in [-0.1, -0.05) is 30.3 Å². The van der Waals surface area contributed by atoms with Gasteiger partial charge in [-0.05, 0) is 6.92 Å². The van der Waals surface area contributed by atoms with Gasteiger partial charge in [0.05, 0.1) is 6.04 Å². The molecule has 0 bridgehead atoms.